The van der Waals surface area contributed by atoms with Crippen molar-refractivity contribution in [2.75, 3.05) is 6.54 Å². The van der Waals surface area contributed by atoms with Gasteiger partial charge in [-0.3, -0.25) is 4.79 Å². The molecule has 2 rings (SSSR count). The Morgan fingerprint density at radius 2 is 1.71 bits per heavy atom. The molecule has 1 N–H and O–H groups in total. The maximum absolute atomic E-state index is 11.6. The van der Waals surface area contributed by atoms with Gasteiger partial charge in [-0.1, -0.05) is 12.1 Å². The van der Waals surface area contributed by atoms with E-state index in [1.807, 2.05) is 46.7 Å². The van der Waals surface area contributed by atoms with Crippen molar-refractivity contribution in [2.45, 2.75) is 64.3 Å². The molecule has 0 saturated carbocycles. The summed E-state index contributed by atoms with van der Waals surface area (Å²) < 4.78 is 11.7. The average molecular weight is 293 g/mol. The molecule has 0 aromatic rings. The first-order valence-electron chi connectivity index (χ1n) is 7.37. The summed E-state index contributed by atoms with van der Waals surface area (Å²) in [6.45, 7) is 10.4. The first-order chi connectivity index (χ1) is 9.64. The van der Waals surface area contributed by atoms with Gasteiger partial charge in [-0.05, 0) is 34.6 Å². The van der Waals surface area contributed by atoms with Crippen molar-refractivity contribution in [3.05, 3.63) is 12.1 Å². The molecule has 0 unspecified atom stereocenters. The van der Waals surface area contributed by atoms with Crippen LogP contribution in [-0.4, -0.2) is 36.4 Å². The predicted molar refractivity (Wildman–Crippen MR) is 80.7 cm³/mol. The monoisotopic (exact) mass is 293 g/mol. The summed E-state index contributed by atoms with van der Waals surface area (Å²) >= 11 is 0. The van der Waals surface area contributed by atoms with Crippen molar-refractivity contribution in [3.8, 4) is 0 Å². The second kappa shape index (κ2) is 5.53. The fraction of sp³-hybridized carbons (Fsp3) is 0.786. The molecule has 0 spiro atoms. The Bertz CT molecular complexity index is 452. The molecule has 2 heterocycles. The molecule has 0 bridgehead atoms. The zero-order chi connectivity index (χ0) is 15.7. The Kier molecular flexibility index (Phi) is 4.26. The quantitative estimate of drug-likeness (QED) is 0.763. The molecule has 0 aromatic heterocycles. The summed E-state index contributed by atoms with van der Waals surface area (Å²) in [5, 5.41) is 10.6. The minimum absolute atomic E-state index is 0.00657. The largest absolute Gasteiger partial charge is 0.486 e. The van der Waals surface area contributed by atoms with E-state index in [4.69, 9.17) is 9.31 Å². The van der Waals surface area contributed by atoms with E-state index in [0.717, 1.165) is 0 Å². The third kappa shape index (κ3) is 4.14. The Balaban J connectivity index is 1.65. The summed E-state index contributed by atoms with van der Waals surface area (Å²) in [6.07, 6.45) is 2.96. The van der Waals surface area contributed by atoms with E-state index in [2.05, 4.69) is 15.5 Å². The van der Waals surface area contributed by atoms with E-state index >= 15 is 0 Å². The SMILES string of the molecule is CC1(CCC(=O)NC/C=C/B2OC(C)(C)C(C)(C)O2)N=N1. The van der Waals surface area contributed by atoms with E-state index in [1.54, 1.807) is 0 Å². The van der Waals surface area contributed by atoms with Crippen LogP contribution in [0.4, 0.5) is 0 Å². The van der Waals surface area contributed by atoms with Crippen molar-refractivity contribution >= 4 is 13.0 Å². The zero-order valence-corrected chi connectivity index (χ0v) is 13.5. The maximum Gasteiger partial charge on any atom is 0.486 e. The number of carbonyl (C=O) groups excluding carboxylic acids is 1. The van der Waals surface area contributed by atoms with Gasteiger partial charge < -0.3 is 14.6 Å². The van der Waals surface area contributed by atoms with Crippen molar-refractivity contribution in [2.24, 2.45) is 10.2 Å². The minimum atomic E-state index is -0.366. The molecule has 21 heavy (non-hydrogen) atoms. The van der Waals surface area contributed by atoms with Crippen molar-refractivity contribution in [3.63, 3.8) is 0 Å². The van der Waals surface area contributed by atoms with Crippen molar-refractivity contribution < 1.29 is 14.1 Å². The molecule has 0 radical (unpaired) electrons. The Morgan fingerprint density at radius 3 is 2.24 bits per heavy atom. The molecule has 2 aliphatic rings. The van der Waals surface area contributed by atoms with Gasteiger partial charge in [0.15, 0.2) is 5.66 Å². The Labute approximate surface area is 126 Å². The third-order valence-corrected chi connectivity index (χ3v) is 4.25. The fourth-order valence-corrected chi connectivity index (χ4v) is 1.94. The number of hydrogen-bond acceptors (Lipinski definition) is 5. The predicted octanol–water partition coefficient (Wildman–Crippen LogP) is 2.25. The van der Waals surface area contributed by atoms with Crippen LogP contribution in [0.5, 0.6) is 0 Å². The molecular weight excluding hydrogens is 269 g/mol. The van der Waals surface area contributed by atoms with Crippen LogP contribution in [0, 0.1) is 0 Å². The lowest BCUT2D eigenvalue weighted by Crippen LogP contribution is -2.41. The molecule has 1 amide bonds. The lowest BCUT2D eigenvalue weighted by Gasteiger charge is -2.32. The number of amides is 1. The summed E-state index contributed by atoms with van der Waals surface area (Å²) in [7, 11) is -0.366. The van der Waals surface area contributed by atoms with Crippen molar-refractivity contribution in [1.29, 1.82) is 0 Å². The van der Waals surface area contributed by atoms with E-state index < -0.39 is 0 Å². The highest BCUT2D eigenvalue weighted by Crippen LogP contribution is 2.36. The van der Waals surface area contributed by atoms with Crippen LogP contribution in [0.1, 0.15) is 47.5 Å². The van der Waals surface area contributed by atoms with Crippen LogP contribution in [0.3, 0.4) is 0 Å². The van der Waals surface area contributed by atoms with Crippen molar-refractivity contribution in [1.82, 2.24) is 5.32 Å². The highest BCUT2D eigenvalue weighted by Gasteiger charge is 2.49. The molecular formula is C14H24BN3O3. The number of nitrogens with one attached hydrogen (secondary N) is 1. The first kappa shape index (κ1) is 16.2. The smallest absolute Gasteiger partial charge is 0.400 e. The lowest BCUT2D eigenvalue weighted by atomic mass is 9.90. The number of rotatable bonds is 6. The lowest BCUT2D eigenvalue weighted by molar-refractivity contribution is -0.121. The molecule has 0 aromatic carbocycles. The van der Waals surface area contributed by atoms with Gasteiger partial charge >= 0.3 is 7.12 Å². The van der Waals surface area contributed by atoms with Gasteiger partial charge in [0.1, 0.15) is 0 Å². The van der Waals surface area contributed by atoms with E-state index in [1.165, 1.54) is 0 Å². The molecule has 7 heteroatoms. The van der Waals surface area contributed by atoms with Gasteiger partial charge in [0.25, 0.3) is 0 Å². The molecule has 0 aliphatic carbocycles. The van der Waals surface area contributed by atoms with E-state index in [0.29, 0.717) is 19.4 Å². The zero-order valence-electron chi connectivity index (χ0n) is 13.5. The van der Waals surface area contributed by atoms with Crippen LogP contribution in [0.2, 0.25) is 0 Å². The first-order valence-corrected chi connectivity index (χ1v) is 7.37. The van der Waals surface area contributed by atoms with Crippen LogP contribution >= 0.6 is 0 Å². The highest BCUT2D eigenvalue weighted by molar-refractivity contribution is 6.51. The van der Waals surface area contributed by atoms with Gasteiger partial charge in [-0.2, -0.15) is 10.2 Å². The molecule has 0 atom stereocenters. The van der Waals surface area contributed by atoms with Crippen LogP contribution in [0.15, 0.2) is 22.3 Å². The number of carbonyl (C=O) groups is 1. The molecule has 1 saturated heterocycles. The molecule has 116 valence electrons. The van der Waals surface area contributed by atoms with Gasteiger partial charge in [0, 0.05) is 19.4 Å². The Hall–Kier alpha value is -1.21. The van der Waals surface area contributed by atoms with Crippen LogP contribution in [-0.2, 0) is 14.1 Å². The normalized spacial score (nSPS) is 24.5. The fourth-order valence-electron chi connectivity index (χ4n) is 1.94. The number of nitrogens with zero attached hydrogens (tertiary/aromatic N) is 2. The topological polar surface area (TPSA) is 72.3 Å². The third-order valence-electron chi connectivity index (χ3n) is 4.25. The van der Waals surface area contributed by atoms with Gasteiger partial charge in [-0.15, -0.1) is 0 Å². The maximum atomic E-state index is 11.6. The average Bonchev–Trinajstić information content (AvgIpc) is 3.04. The van der Waals surface area contributed by atoms with Gasteiger partial charge in [-0.25, -0.2) is 0 Å². The van der Waals surface area contributed by atoms with Crippen LogP contribution < -0.4 is 5.32 Å². The summed E-state index contributed by atoms with van der Waals surface area (Å²) in [6, 6.07) is 0. The molecule has 1 fully saturated rings. The molecule has 6 nitrogen and oxygen atoms in total. The van der Waals surface area contributed by atoms with Crippen LogP contribution in [0.25, 0.3) is 0 Å². The summed E-state index contributed by atoms with van der Waals surface area (Å²) in [4.78, 5) is 11.6. The standard InChI is InChI=1S/C14H24BN3O3/c1-12(2)13(3,4)21-15(20-12)9-6-10-16-11(19)7-8-14(5)17-18-14/h6,9H,7-8,10H2,1-5H3,(H,16,19)/b9-6+. The summed E-state index contributed by atoms with van der Waals surface area (Å²) in [5.74, 6) is 1.84. The molecule has 2 aliphatic heterocycles. The second-order valence-corrected chi connectivity index (χ2v) is 6.77. The van der Waals surface area contributed by atoms with E-state index in [9.17, 15) is 4.79 Å². The van der Waals surface area contributed by atoms with Gasteiger partial charge in [0.05, 0.1) is 11.2 Å². The highest BCUT2D eigenvalue weighted by atomic mass is 16.7. The number of hydrogen-bond donors (Lipinski definition) is 1. The Morgan fingerprint density at radius 1 is 1.14 bits per heavy atom. The summed E-state index contributed by atoms with van der Waals surface area (Å²) in [5.41, 5.74) is -0.980. The minimum Gasteiger partial charge on any atom is -0.400 e. The van der Waals surface area contributed by atoms with E-state index in [-0.39, 0.29) is 29.9 Å². The second-order valence-electron chi connectivity index (χ2n) is 6.77. The van der Waals surface area contributed by atoms with Gasteiger partial charge in [0.2, 0.25) is 5.91 Å².